The second kappa shape index (κ2) is 7.18. The van der Waals surface area contributed by atoms with Crippen molar-refractivity contribution in [1.29, 1.82) is 0 Å². The largest absolute Gasteiger partial charge is 0.356 e. The predicted molar refractivity (Wildman–Crippen MR) is 99.0 cm³/mol. The van der Waals surface area contributed by atoms with Crippen LogP contribution in [0.1, 0.15) is 44.2 Å². The van der Waals surface area contributed by atoms with Crippen LogP contribution in [0.2, 0.25) is 0 Å². The maximum atomic E-state index is 12.4. The van der Waals surface area contributed by atoms with Gasteiger partial charge >= 0.3 is 0 Å². The van der Waals surface area contributed by atoms with Gasteiger partial charge in [0.15, 0.2) is 0 Å². The van der Waals surface area contributed by atoms with E-state index < -0.39 is 0 Å². The van der Waals surface area contributed by atoms with Crippen LogP contribution in [-0.4, -0.2) is 60.0 Å². The molecule has 0 bridgehead atoms. The Balaban J connectivity index is 1.41. The first-order valence-corrected chi connectivity index (χ1v) is 9.85. The molecule has 136 valence electrons. The number of rotatable bonds is 3. The highest BCUT2D eigenvalue weighted by Gasteiger charge is 2.31. The molecule has 2 saturated heterocycles. The molecule has 3 heterocycles. The maximum Gasteiger partial charge on any atom is 0.227 e. The van der Waals surface area contributed by atoms with Crippen molar-refractivity contribution in [2.45, 2.75) is 45.4 Å². The van der Waals surface area contributed by atoms with Crippen molar-refractivity contribution >= 4 is 17.7 Å². The minimum Gasteiger partial charge on any atom is -0.356 e. The molecule has 6 heteroatoms. The topological polar surface area (TPSA) is 52.6 Å². The highest BCUT2D eigenvalue weighted by atomic mass is 16.2. The zero-order chi connectivity index (χ0) is 17.2. The first-order valence-electron chi connectivity index (χ1n) is 9.85. The molecular formula is C19H29N5O. The molecule has 3 fully saturated rings. The van der Waals surface area contributed by atoms with Crippen LogP contribution >= 0.6 is 0 Å². The van der Waals surface area contributed by atoms with Gasteiger partial charge in [-0.05, 0) is 39.0 Å². The second-order valence-corrected chi connectivity index (χ2v) is 7.66. The fourth-order valence-corrected chi connectivity index (χ4v) is 4.00. The smallest absolute Gasteiger partial charge is 0.227 e. The average molecular weight is 343 g/mol. The number of amides is 1. The minimum atomic E-state index is 0.299. The SMILES string of the molecule is Cc1cc(N2CCCCC2)nc(N2CCN(C(=O)C3CCC3)CC2)n1. The van der Waals surface area contributed by atoms with E-state index in [1.165, 1.54) is 25.7 Å². The van der Waals surface area contributed by atoms with E-state index >= 15 is 0 Å². The van der Waals surface area contributed by atoms with Crippen molar-refractivity contribution in [2.75, 3.05) is 49.1 Å². The molecule has 2 aliphatic heterocycles. The molecule has 1 amide bonds. The van der Waals surface area contributed by atoms with Gasteiger partial charge in [-0.3, -0.25) is 4.79 Å². The molecule has 3 aliphatic rings. The number of carbonyl (C=O) groups is 1. The summed E-state index contributed by atoms with van der Waals surface area (Å²) in [6.45, 7) is 7.51. The summed E-state index contributed by atoms with van der Waals surface area (Å²) < 4.78 is 0. The molecule has 0 unspecified atom stereocenters. The summed E-state index contributed by atoms with van der Waals surface area (Å²) in [5, 5.41) is 0. The van der Waals surface area contributed by atoms with Crippen LogP contribution < -0.4 is 9.80 Å². The number of anilines is 2. The van der Waals surface area contributed by atoms with Crippen molar-refractivity contribution in [3.8, 4) is 0 Å². The normalized spacial score (nSPS) is 22.0. The fraction of sp³-hybridized carbons (Fsp3) is 0.737. The van der Waals surface area contributed by atoms with Crippen molar-refractivity contribution in [3.63, 3.8) is 0 Å². The zero-order valence-corrected chi connectivity index (χ0v) is 15.3. The van der Waals surface area contributed by atoms with E-state index in [-0.39, 0.29) is 0 Å². The van der Waals surface area contributed by atoms with Crippen LogP contribution in [0.5, 0.6) is 0 Å². The summed E-state index contributed by atoms with van der Waals surface area (Å²) in [6, 6.07) is 2.10. The van der Waals surface area contributed by atoms with E-state index in [4.69, 9.17) is 4.98 Å². The Bertz CT molecular complexity index is 616. The minimum absolute atomic E-state index is 0.299. The summed E-state index contributed by atoms with van der Waals surface area (Å²) >= 11 is 0. The molecule has 0 radical (unpaired) electrons. The molecular weight excluding hydrogens is 314 g/mol. The molecule has 1 aromatic rings. The van der Waals surface area contributed by atoms with Gasteiger partial charge in [-0.2, -0.15) is 4.98 Å². The monoisotopic (exact) mass is 343 g/mol. The fourth-order valence-electron chi connectivity index (χ4n) is 4.00. The van der Waals surface area contributed by atoms with Crippen molar-refractivity contribution < 1.29 is 4.79 Å². The predicted octanol–water partition coefficient (Wildman–Crippen LogP) is 2.22. The third-order valence-electron chi connectivity index (χ3n) is 5.84. The molecule has 0 atom stereocenters. The number of piperazine rings is 1. The molecule has 1 saturated carbocycles. The van der Waals surface area contributed by atoms with Gasteiger partial charge in [0.25, 0.3) is 0 Å². The van der Waals surface area contributed by atoms with Gasteiger partial charge < -0.3 is 14.7 Å². The van der Waals surface area contributed by atoms with Crippen LogP contribution in [0.25, 0.3) is 0 Å². The van der Waals surface area contributed by atoms with Gasteiger partial charge in [-0.25, -0.2) is 4.98 Å². The number of nitrogens with zero attached hydrogens (tertiary/aromatic N) is 5. The standard InChI is InChI=1S/C19H29N5O/c1-15-14-17(22-8-3-2-4-9-22)21-19(20-15)24-12-10-23(11-13-24)18(25)16-6-5-7-16/h14,16H,2-13H2,1H3. The summed E-state index contributed by atoms with van der Waals surface area (Å²) in [5.41, 5.74) is 1.03. The molecule has 1 aromatic heterocycles. The summed E-state index contributed by atoms with van der Waals surface area (Å²) in [6.07, 6.45) is 7.20. The second-order valence-electron chi connectivity index (χ2n) is 7.66. The lowest BCUT2D eigenvalue weighted by Gasteiger charge is -2.38. The molecule has 0 N–H and O–H groups in total. The van der Waals surface area contributed by atoms with Gasteiger partial charge in [-0.15, -0.1) is 0 Å². The number of hydrogen-bond donors (Lipinski definition) is 0. The first-order chi connectivity index (χ1) is 12.2. The molecule has 1 aliphatic carbocycles. The van der Waals surface area contributed by atoms with Crippen LogP contribution in [0.15, 0.2) is 6.07 Å². The van der Waals surface area contributed by atoms with E-state index in [1.807, 2.05) is 4.90 Å². The third-order valence-corrected chi connectivity index (χ3v) is 5.84. The van der Waals surface area contributed by atoms with Crippen molar-refractivity contribution in [1.82, 2.24) is 14.9 Å². The number of aryl methyl sites for hydroxylation is 1. The highest BCUT2D eigenvalue weighted by molar-refractivity contribution is 5.79. The molecule has 0 spiro atoms. The van der Waals surface area contributed by atoms with Gasteiger partial charge in [0, 0.05) is 56.9 Å². The maximum absolute atomic E-state index is 12.4. The number of hydrogen-bond acceptors (Lipinski definition) is 5. The summed E-state index contributed by atoms with van der Waals surface area (Å²) in [7, 11) is 0. The van der Waals surface area contributed by atoms with Crippen LogP contribution in [0, 0.1) is 12.8 Å². The summed E-state index contributed by atoms with van der Waals surface area (Å²) in [5.74, 6) is 2.56. The van der Waals surface area contributed by atoms with Crippen LogP contribution in [0.4, 0.5) is 11.8 Å². The van der Waals surface area contributed by atoms with Gasteiger partial charge in [0.1, 0.15) is 5.82 Å². The van der Waals surface area contributed by atoms with Gasteiger partial charge in [-0.1, -0.05) is 6.42 Å². The Kier molecular flexibility index (Phi) is 4.77. The van der Waals surface area contributed by atoms with E-state index in [2.05, 4.69) is 27.8 Å². The van der Waals surface area contributed by atoms with Crippen LogP contribution in [-0.2, 0) is 4.79 Å². The lowest BCUT2D eigenvalue weighted by atomic mass is 9.84. The third kappa shape index (κ3) is 3.58. The zero-order valence-electron chi connectivity index (χ0n) is 15.3. The van der Waals surface area contributed by atoms with E-state index in [0.717, 1.165) is 69.6 Å². The Morgan fingerprint density at radius 1 is 0.920 bits per heavy atom. The molecule has 0 aromatic carbocycles. The number of piperidine rings is 1. The highest BCUT2D eigenvalue weighted by Crippen LogP contribution is 2.29. The van der Waals surface area contributed by atoms with Crippen molar-refractivity contribution in [3.05, 3.63) is 11.8 Å². The lowest BCUT2D eigenvalue weighted by Crippen LogP contribution is -2.51. The molecule has 4 rings (SSSR count). The Labute approximate surface area is 150 Å². The van der Waals surface area contributed by atoms with Crippen molar-refractivity contribution in [2.24, 2.45) is 5.92 Å². The first kappa shape index (κ1) is 16.6. The lowest BCUT2D eigenvalue weighted by molar-refractivity contribution is -0.138. The number of aromatic nitrogens is 2. The van der Waals surface area contributed by atoms with Crippen LogP contribution in [0.3, 0.4) is 0 Å². The Morgan fingerprint density at radius 3 is 2.28 bits per heavy atom. The average Bonchev–Trinajstić information content (AvgIpc) is 2.60. The number of carbonyl (C=O) groups excluding carboxylic acids is 1. The Hall–Kier alpha value is -1.85. The van der Waals surface area contributed by atoms with Gasteiger partial charge in [0.05, 0.1) is 0 Å². The summed E-state index contributed by atoms with van der Waals surface area (Å²) in [4.78, 5) is 28.6. The molecule has 25 heavy (non-hydrogen) atoms. The van der Waals surface area contributed by atoms with E-state index in [9.17, 15) is 4.79 Å². The molecule has 6 nitrogen and oxygen atoms in total. The van der Waals surface area contributed by atoms with E-state index in [0.29, 0.717) is 11.8 Å². The van der Waals surface area contributed by atoms with E-state index in [1.54, 1.807) is 0 Å². The Morgan fingerprint density at radius 2 is 1.64 bits per heavy atom. The quantitative estimate of drug-likeness (QED) is 0.842. The van der Waals surface area contributed by atoms with Gasteiger partial charge in [0.2, 0.25) is 11.9 Å².